The van der Waals surface area contributed by atoms with Crippen LogP contribution >= 0.6 is 11.6 Å². The van der Waals surface area contributed by atoms with Gasteiger partial charge >= 0.3 is 0 Å². The number of hydrogen-bond donors (Lipinski definition) is 2. The molecule has 1 aromatic rings. The fourth-order valence-electron chi connectivity index (χ4n) is 1.27. The lowest BCUT2D eigenvalue weighted by molar-refractivity contribution is 0.467. The number of aryl methyl sites for hydroxylation is 1. The third-order valence-corrected chi connectivity index (χ3v) is 2.22. The monoisotopic (exact) mass is 211 g/mol. The first-order chi connectivity index (χ1) is 6.69. The first-order valence-electron chi connectivity index (χ1n) is 4.57. The molecule has 1 rings (SSSR count). The van der Waals surface area contributed by atoms with Crippen LogP contribution in [-0.2, 0) is 6.42 Å². The van der Waals surface area contributed by atoms with Gasteiger partial charge in [-0.05, 0) is 24.1 Å². The SMILES string of the molecule is CCc1cc(Cl)cc(/C=C/CN)c1O. The summed E-state index contributed by atoms with van der Waals surface area (Å²) in [6.45, 7) is 2.43. The van der Waals surface area contributed by atoms with Crippen molar-refractivity contribution in [2.45, 2.75) is 13.3 Å². The van der Waals surface area contributed by atoms with Crippen molar-refractivity contribution in [1.29, 1.82) is 0 Å². The van der Waals surface area contributed by atoms with Crippen molar-refractivity contribution in [3.8, 4) is 5.75 Å². The second-order valence-electron chi connectivity index (χ2n) is 2.99. The van der Waals surface area contributed by atoms with E-state index in [2.05, 4.69) is 0 Å². The lowest BCUT2D eigenvalue weighted by Crippen LogP contribution is -1.92. The molecule has 0 aliphatic rings. The molecule has 0 aromatic heterocycles. The van der Waals surface area contributed by atoms with Gasteiger partial charge in [-0.3, -0.25) is 0 Å². The first-order valence-corrected chi connectivity index (χ1v) is 4.94. The molecule has 0 aliphatic carbocycles. The smallest absolute Gasteiger partial charge is 0.126 e. The van der Waals surface area contributed by atoms with E-state index in [0.717, 1.165) is 17.5 Å². The van der Waals surface area contributed by atoms with Gasteiger partial charge in [0.25, 0.3) is 0 Å². The van der Waals surface area contributed by atoms with Crippen LogP contribution in [0.4, 0.5) is 0 Å². The van der Waals surface area contributed by atoms with Crippen LogP contribution in [0.15, 0.2) is 18.2 Å². The Hall–Kier alpha value is -0.990. The van der Waals surface area contributed by atoms with E-state index in [9.17, 15) is 5.11 Å². The summed E-state index contributed by atoms with van der Waals surface area (Å²) >= 11 is 5.90. The minimum atomic E-state index is 0.293. The summed E-state index contributed by atoms with van der Waals surface area (Å²) in [5.74, 6) is 0.293. The van der Waals surface area contributed by atoms with Crippen molar-refractivity contribution in [2.24, 2.45) is 5.73 Å². The molecule has 14 heavy (non-hydrogen) atoms. The van der Waals surface area contributed by atoms with E-state index >= 15 is 0 Å². The summed E-state index contributed by atoms with van der Waals surface area (Å²) in [7, 11) is 0. The highest BCUT2D eigenvalue weighted by Gasteiger charge is 2.05. The topological polar surface area (TPSA) is 46.2 Å². The summed E-state index contributed by atoms with van der Waals surface area (Å²) in [5.41, 5.74) is 6.91. The van der Waals surface area contributed by atoms with E-state index in [1.54, 1.807) is 24.3 Å². The molecule has 2 nitrogen and oxygen atoms in total. The second-order valence-corrected chi connectivity index (χ2v) is 3.43. The molecule has 3 N–H and O–H groups in total. The van der Waals surface area contributed by atoms with Crippen molar-refractivity contribution in [1.82, 2.24) is 0 Å². The number of phenolic OH excluding ortho intramolecular Hbond substituents is 1. The zero-order valence-corrected chi connectivity index (χ0v) is 8.88. The molecule has 1 aromatic carbocycles. The van der Waals surface area contributed by atoms with Gasteiger partial charge in [-0.15, -0.1) is 0 Å². The molecule has 0 heterocycles. The van der Waals surface area contributed by atoms with Crippen LogP contribution in [0.25, 0.3) is 6.08 Å². The van der Waals surface area contributed by atoms with Crippen LogP contribution in [-0.4, -0.2) is 11.7 Å². The maximum Gasteiger partial charge on any atom is 0.126 e. The van der Waals surface area contributed by atoms with Crippen molar-refractivity contribution in [2.75, 3.05) is 6.54 Å². The standard InChI is InChI=1S/C11H14ClNO/c1-2-8-6-10(12)7-9(11(8)14)4-3-5-13/h3-4,6-7,14H,2,5,13H2,1H3/b4-3+. The molecule has 0 bridgehead atoms. The lowest BCUT2D eigenvalue weighted by atomic mass is 10.1. The molecule has 0 saturated carbocycles. The van der Waals surface area contributed by atoms with E-state index in [0.29, 0.717) is 17.3 Å². The highest BCUT2D eigenvalue weighted by atomic mass is 35.5. The van der Waals surface area contributed by atoms with Gasteiger partial charge in [0, 0.05) is 17.1 Å². The summed E-state index contributed by atoms with van der Waals surface area (Å²) in [4.78, 5) is 0. The Morgan fingerprint density at radius 3 is 2.79 bits per heavy atom. The molecule has 76 valence electrons. The minimum Gasteiger partial charge on any atom is -0.507 e. The van der Waals surface area contributed by atoms with Gasteiger partial charge in [0.15, 0.2) is 0 Å². The number of aromatic hydroxyl groups is 1. The molecule has 0 fully saturated rings. The molecule has 0 radical (unpaired) electrons. The van der Waals surface area contributed by atoms with E-state index in [4.69, 9.17) is 17.3 Å². The van der Waals surface area contributed by atoms with Gasteiger partial charge in [0.05, 0.1) is 0 Å². The van der Waals surface area contributed by atoms with E-state index < -0.39 is 0 Å². The predicted octanol–water partition coefficient (Wildman–Crippen LogP) is 2.58. The van der Waals surface area contributed by atoms with Crippen LogP contribution in [0, 0.1) is 0 Å². The fraction of sp³-hybridized carbons (Fsp3) is 0.273. The third-order valence-electron chi connectivity index (χ3n) is 2.00. The maximum atomic E-state index is 9.79. The van der Waals surface area contributed by atoms with Crippen LogP contribution < -0.4 is 5.73 Å². The molecule has 0 atom stereocenters. The Kier molecular flexibility index (Phi) is 3.98. The largest absolute Gasteiger partial charge is 0.507 e. The number of nitrogens with two attached hydrogens (primary N) is 1. The van der Waals surface area contributed by atoms with Gasteiger partial charge in [-0.25, -0.2) is 0 Å². The average molecular weight is 212 g/mol. The maximum absolute atomic E-state index is 9.79. The highest BCUT2D eigenvalue weighted by Crippen LogP contribution is 2.28. The molecular formula is C11H14ClNO. The number of hydrogen-bond acceptors (Lipinski definition) is 2. The van der Waals surface area contributed by atoms with Crippen molar-refractivity contribution >= 4 is 17.7 Å². The Labute approximate surface area is 89.0 Å². The average Bonchev–Trinajstić information content (AvgIpc) is 2.18. The Bertz CT molecular complexity index is 347. The van der Waals surface area contributed by atoms with Gasteiger partial charge in [0.1, 0.15) is 5.75 Å². The minimum absolute atomic E-state index is 0.293. The summed E-state index contributed by atoms with van der Waals surface area (Å²) in [6, 6.07) is 3.50. The predicted molar refractivity (Wildman–Crippen MR) is 60.6 cm³/mol. The van der Waals surface area contributed by atoms with E-state index in [-0.39, 0.29) is 0 Å². The Morgan fingerprint density at radius 1 is 1.50 bits per heavy atom. The van der Waals surface area contributed by atoms with Crippen LogP contribution in [0.5, 0.6) is 5.75 Å². The molecular weight excluding hydrogens is 198 g/mol. The molecule has 0 unspecified atom stereocenters. The number of benzene rings is 1. The molecule has 0 aliphatic heterocycles. The van der Waals surface area contributed by atoms with Gasteiger partial charge < -0.3 is 10.8 Å². The number of halogens is 1. The molecule has 0 spiro atoms. The fourth-order valence-corrected chi connectivity index (χ4v) is 1.52. The normalized spacial score (nSPS) is 11.1. The van der Waals surface area contributed by atoms with E-state index in [1.807, 2.05) is 6.92 Å². The molecule has 3 heteroatoms. The summed E-state index contributed by atoms with van der Waals surface area (Å²) in [6.07, 6.45) is 4.32. The van der Waals surface area contributed by atoms with Crippen LogP contribution in [0.1, 0.15) is 18.1 Å². The van der Waals surface area contributed by atoms with Crippen molar-refractivity contribution in [3.63, 3.8) is 0 Å². The molecule has 0 amide bonds. The highest BCUT2D eigenvalue weighted by molar-refractivity contribution is 6.30. The first kappa shape index (κ1) is 11.1. The summed E-state index contributed by atoms with van der Waals surface area (Å²) < 4.78 is 0. The van der Waals surface area contributed by atoms with Crippen molar-refractivity contribution < 1.29 is 5.11 Å². The molecule has 0 saturated heterocycles. The zero-order chi connectivity index (χ0) is 10.6. The quantitative estimate of drug-likeness (QED) is 0.808. The van der Waals surface area contributed by atoms with Crippen LogP contribution in [0.2, 0.25) is 5.02 Å². The van der Waals surface area contributed by atoms with Gasteiger partial charge in [-0.1, -0.05) is 30.7 Å². The lowest BCUT2D eigenvalue weighted by Gasteiger charge is -2.06. The number of phenols is 1. The Balaban J connectivity index is 3.15. The van der Waals surface area contributed by atoms with Gasteiger partial charge in [-0.2, -0.15) is 0 Å². The summed E-state index contributed by atoms with van der Waals surface area (Å²) in [5, 5.41) is 10.4. The second kappa shape index (κ2) is 5.03. The third kappa shape index (κ3) is 2.50. The number of rotatable bonds is 3. The Morgan fingerprint density at radius 2 is 2.21 bits per heavy atom. The van der Waals surface area contributed by atoms with Crippen molar-refractivity contribution in [3.05, 3.63) is 34.4 Å². The van der Waals surface area contributed by atoms with Gasteiger partial charge in [0.2, 0.25) is 0 Å². The van der Waals surface area contributed by atoms with Crippen LogP contribution in [0.3, 0.4) is 0 Å². The zero-order valence-electron chi connectivity index (χ0n) is 8.13. The van der Waals surface area contributed by atoms with E-state index in [1.165, 1.54) is 0 Å².